The van der Waals surface area contributed by atoms with Gasteiger partial charge in [-0.15, -0.1) is 0 Å². The van der Waals surface area contributed by atoms with Crippen LogP contribution in [-0.4, -0.2) is 45.4 Å². The third kappa shape index (κ3) is 4.35. The van der Waals surface area contributed by atoms with Crippen molar-refractivity contribution in [2.45, 2.75) is 31.4 Å². The minimum Gasteiger partial charge on any atom is -0.391 e. The molecule has 5 rings (SSSR count). The number of fused-ring (bicyclic) bond motifs is 1. The number of hydrogen-bond acceptors (Lipinski definition) is 4. The molecule has 5 nitrogen and oxygen atoms in total. The number of para-hydroxylation sites is 1. The van der Waals surface area contributed by atoms with E-state index in [0.717, 1.165) is 16.5 Å². The monoisotopic (exact) mass is 450 g/mol. The predicted molar refractivity (Wildman–Crippen MR) is 133 cm³/mol. The van der Waals surface area contributed by atoms with Crippen LogP contribution in [0.5, 0.6) is 0 Å². The second-order valence-corrected chi connectivity index (χ2v) is 8.76. The van der Waals surface area contributed by atoms with Crippen molar-refractivity contribution in [2.75, 3.05) is 6.54 Å². The summed E-state index contributed by atoms with van der Waals surface area (Å²) in [5, 5.41) is 11.3. The lowest BCUT2D eigenvalue weighted by Gasteiger charge is -2.25. The molecular weight excluding hydrogens is 424 g/mol. The fourth-order valence-corrected chi connectivity index (χ4v) is 4.87. The molecule has 0 aliphatic carbocycles. The van der Waals surface area contributed by atoms with Gasteiger partial charge in [0.05, 0.1) is 11.6 Å². The van der Waals surface area contributed by atoms with Crippen LogP contribution in [0.2, 0.25) is 0 Å². The van der Waals surface area contributed by atoms with Crippen molar-refractivity contribution < 1.29 is 14.7 Å². The highest BCUT2D eigenvalue weighted by atomic mass is 16.3. The van der Waals surface area contributed by atoms with Gasteiger partial charge in [0.25, 0.3) is 5.91 Å². The number of likely N-dealkylation sites (tertiary alicyclic amines) is 1. The molecule has 2 heterocycles. The zero-order valence-corrected chi connectivity index (χ0v) is 18.8. The summed E-state index contributed by atoms with van der Waals surface area (Å²) in [5.74, 6) is -0.108. The van der Waals surface area contributed by atoms with Crippen LogP contribution in [0.15, 0.2) is 91.1 Å². The molecule has 5 heteroatoms. The standard InChI is InChI=1S/C29H26N2O3/c32-23-18-22(15-16-27(33)26-14-6-10-21-11-7-17-30-28(21)26)31(19-23)29(34)25-13-5-4-12-24(25)20-8-2-1-3-9-20/h1-14,17,22-23,32H,15-16,18-19H2/t22-,23-/m1/s1. The molecule has 1 fully saturated rings. The van der Waals surface area contributed by atoms with Crippen molar-refractivity contribution in [3.63, 3.8) is 0 Å². The maximum atomic E-state index is 13.6. The van der Waals surface area contributed by atoms with Gasteiger partial charge in [0.2, 0.25) is 0 Å². The van der Waals surface area contributed by atoms with Crippen molar-refractivity contribution in [1.82, 2.24) is 9.88 Å². The molecular formula is C29H26N2O3. The van der Waals surface area contributed by atoms with E-state index in [0.29, 0.717) is 29.5 Å². The number of Topliss-reactive ketones (excluding diaryl/α,β-unsaturated/α-hetero) is 1. The average molecular weight is 451 g/mol. The molecule has 0 spiro atoms. The van der Waals surface area contributed by atoms with Crippen LogP contribution in [0, 0.1) is 0 Å². The van der Waals surface area contributed by atoms with E-state index < -0.39 is 6.10 Å². The summed E-state index contributed by atoms with van der Waals surface area (Å²) in [4.78, 5) is 32.8. The number of carbonyl (C=O) groups is 2. The molecule has 1 saturated heterocycles. The first kappa shape index (κ1) is 22.0. The van der Waals surface area contributed by atoms with Crippen molar-refractivity contribution in [3.05, 3.63) is 102 Å². The second kappa shape index (κ2) is 9.57. The highest BCUT2D eigenvalue weighted by Crippen LogP contribution is 2.30. The Morgan fingerprint density at radius 1 is 0.882 bits per heavy atom. The van der Waals surface area contributed by atoms with Gasteiger partial charge in [-0.2, -0.15) is 0 Å². The number of carbonyl (C=O) groups excluding carboxylic acids is 2. The van der Waals surface area contributed by atoms with Crippen LogP contribution in [-0.2, 0) is 0 Å². The molecule has 0 bridgehead atoms. The van der Waals surface area contributed by atoms with Gasteiger partial charge >= 0.3 is 0 Å². The lowest BCUT2D eigenvalue weighted by atomic mass is 9.97. The van der Waals surface area contributed by atoms with E-state index in [1.165, 1.54) is 0 Å². The molecule has 1 N–H and O–H groups in total. The molecule has 1 aliphatic heterocycles. The van der Waals surface area contributed by atoms with E-state index in [9.17, 15) is 14.7 Å². The Labute approximate surface area is 198 Å². The molecule has 4 aromatic rings. The number of rotatable bonds is 6. The average Bonchev–Trinajstić information content (AvgIpc) is 3.27. The van der Waals surface area contributed by atoms with E-state index in [1.54, 1.807) is 17.2 Å². The summed E-state index contributed by atoms with van der Waals surface area (Å²) in [7, 11) is 0. The quantitative estimate of drug-likeness (QED) is 0.413. The Hall–Kier alpha value is -3.83. The number of aliphatic hydroxyl groups excluding tert-OH is 1. The van der Waals surface area contributed by atoms with Crippen LogP contribution < -0.4 is 0 Å². The van der Waals surface area contributed by atoms with Gasteiger partial charge in [0.15, 0.2) is 5.78 Å². The van der Waals surface area contributed by atoms with Gasteiger partial charge in [0, 0.05) is 41.7 Å². The molecule has 1 aromatic heterocycles. The van der Waals surface area contributed by atoms with E-state index in [1.807, 2.05) is 78.9 Å². The number of aromatic nitrogens is 1. The number of hydrogen-bond donors (Lipinski definition) is 1. The van der Waals surface area contributed by atoms with Gasteiger partial charge in [0.1, 0.15) is 0 Å². The van der Waals surface area contributed by atoms with Crippen LogP contribution in [0.1, 0.15) is 40.0 Å². The van der Waals surface area contributed by atoms with Gasteiger partial charge < -0.3 is 10.0 Å². The van der Waals surface area contributed by atoms with Crippen LogP contribution in [0.3, 0.4) is 0 Å². The summed E-state index contributed by atoms with van der Waals surface area (Å²) >= 11 is 0. The van der Waals surface area contributed by atoms with Crippen LogP contribution in [0.4, 0.5) is 0 Å². The Kier molecular flexibility index (Phi) is 6.19. The molecule has 1 amide bonds. The molecule has 0 saturated carbocycles. The van der Waals surface area contributed by atoms with Crippen molar-refractivity contribution in [3.8, 4) is 11.1 Å². The van der Waals surface area contributed by atoms with Crippen molar-refractivity contribution >= 4 is 22.6 Å². The lowest BCUT2D eigenvalue weighted by Crippen LogP contribution is -2.36. The molecule has 3 aromatic carbocycles. The summed E-state index contributed by atoms with van der Waals surface area (Å²) < 4.78 is 0. The number of nitrogens with zero attached hydrogens (tertiary/aromatic N) is 2. The first-order valence-corrected chi connectivity index (χ1v) is 11.6. The number of ketones is 1. The van der Waals surface area contributed by atoms with Gasteiger partial charge in [-0.25, -0.2) is 0 Å². The Morgan fingerprint density at radius 3 is 2.47 bits per heavy atom. The topological polar surface area (TPSA) is 70.5 Å². The fraction of sp³-hybridized carbons (Fsp3) is 0.207. The zero-order valence-electron chi connectivity index (χ0n) is 18.8. The zero-order chi connectivity index (χ0) is 23.5. The summed E-state index contributed by atoms with van der Waals surface area (Å²) in [6, 6.07) is 26.6. The smallest absolute Gasteiger partial charge is 0.254 e. The third-order valence-electron chi connectivity index (χ3n) is 6.53. The molecule has 1 aliphatic rings. The Bertz CT molecular complexity index is 1330. The van der Waals surface area contributed by atoms with E-state index in [2.05, 4.69) is 4.98 Å². The van der Waals surface area contributed by atoms with E-state index in [-0.39, 0.29) is 30.7 Å². The highest BCUT2D eigenvalue weighted by molar-refractivity contribution is 6.06. The third-order valence-corrected chi connectivity index (χ3v) is 6.53. The minimum absolute atomic E-state index is 0.00257. The van der Waals surface area contributed by atoms with E-state index in [4.69, 9.17) is 0 Å². The number of aliphatic hydroxyl groups is 1. The fourth-order valence-electron chi connectivity index (χ4n) is 4.87. The van der Waals surface area contributed by atoms with E-state index >= 15 is 0 Å². The molecule has 170 valence electrons. The molecule has 34 heavy (non-hydrogen) atoms. The predicted octanol–water partition coefficient (Wildman–Crippen LogP) is 5.14. The Balaban J connectivity index is 1.36. The largest absolute Gasteiger partial charge is 0.391 e. The van der Waals surface area contributed by atoms with Crippen LogP contribution in [0.25, 0.3) is 22.0 Å². The number of pyridine rings is 1. The van der Waals surface area contributed by atoms with Crippen LogP contribution >= 0.6 is 0 Å². The van der Waals surface area contributed by atoms with Crippen molar-refractivity contribution in [2.24, 2.45) is 0 Å². The molecule has 0 unspecified atom stereocenters. The highest BCUT2D eigenvalue weighted by Gasteiger charge is 2.35. The first-order chi connectivity index (χ1) is 16.6. The second-order valence-electron chi connectivity index (χ2n) is 8.76. The maximum absolute atomic E-state index is 13.6. The maximum Gasteiger partial charge on any atom is 0.254 e. The number of benzene rings is 3. The molecule has 2 atom stereocenters. The number of β-amino-alcohol motifs (C(OH)–C–C–N with tert-alkyl or cyclic N) is 1. The van der Waals surface area contributed by atoms with Gasteiger partial charge in [-0.1, -0.05) is 66.7 Å². The van der Waals surface area contributed by atoms with Gasteiger partial charge in [-0.3, -0.25) is 14.6 Å². The molecule has 0 radical (unpaired) electrons. The van der Waals surface area contributed by atoms with Crippen molar-refractivity contribution in [1.29, 1.82) is 0 Å². The normalized spacial score (nSPS) is 17.7. The number of amides is 1. The SMILES string of the molecule is O=C(CC[C@@H]1C[C@@H](O)CN1C(=O)c1ccccc1-c1ccccc1)c1cccc2cccnc12. The first-order valence-electron chi connectivity index (χ1n) is 11.6. The Morgan fingerprint density at radius 2 is 1.62 bits per heavy atom. The lowest BCUT2D eigenvalue weighted by molar-refractivity contribution is 0.0704. The summed E-state index contributed by atoms with van der Waals surface area (Å²) in [5.41, 5.74) is 3.75. The van der Waals surface area contributed by atoms with Gasteiger partial charge in [-0.05, 0) is 42.2 Å². The summed E-state index contributed by atoms with van der Waals surface area (Å²) in [6.45, 7) is 0.274. The summed E-state index contributed by atoms with van der Waals surface area (Å²) in [6.07, 6.45) is 2.36. The minimum atomic E-state index is -0.591.